The number of carbonyl (C=O) groups excluding carboxylic acids is 4. The lowest BCUT2D eigenvalue weighted by atomic mass is 10.00. The van der Waals surface area contributed by atoms with Crippen molar-refractivity contribution in [2.24, 2.45) is 5.92 Å². The number of hydrogen-bond acceptors (Lipinski definition) is 10. The number of aromatic amines is 1. The Hall–Kier alpha value is -5.27. The Balaban J connectivity index is 1.49. The van der Waals surface area contributed by atoms with Crippen molar-refractivity contribution in [3.05, 3.63) is 84.2 Å². The van der Waals surface area contributed by atoms with Crippen LogP contribution < -0.4 is 21.3 Å². The number of tetrazole rings is 1. The zero-order valence-electron chi connectivity index (χ0n) is 27.2. The van der Waals surface area contributed by atoms with Crippen molar-refractivity contribution in [1.82, 2.24) is 36.6 Å². The van der Waals surface area contributed by atoms with Crippen LogP contribution in [0.15, 0.2) is 72.8 Å². The summed E-state index contributed by atoms with van der Waals surface area (Å²) in [6.07, 6.45) is -0.540. The third kappa shape index (κ3) is 10.1. The smallest absolute Gasteiger partial charge is 0.305 e. The summed E-state index contributed by atoms with van der Waals surface area (Å²) in [5.74, 6) is -4.39. The number of carboxylic acids is 1. The molecule has 0 saturated heterocycles. The first-order chi connectivity index (χ1) is 23.4. The number of hydrogen-bond donors (Lipinski definition) is 5. The van der Waals surface area contributed by atoms with Crippen LogP contribution in [0.3, 0.4) is 0 Å². The molecule has 0 fully saturated rings. The largest absolute Gasteiger partial charge is 0.481 e. The molecule has 0 aliphatic rings. The lowest BCUT2D eigenvalue weighted by Gasteiger charge is -2.27. The second kappa shape index (κ2) is 16.7. The highest BCUT2D eigenvalue weighted by Gasteiger charge is 2.33. The standard InChI is InChI=1S/C33H38N7O8P/c1-20(2)30(33(46)35-26(18-29(42)43)27(41)19-48-49(3,47)22-12-5-4-6-13-22)36-32(45)25(16-17-28-37-39-40-38-28)34-31(44)24-15-9-11-21-10-7-8-14-23(21)24/h4-15,20,25-26,30H,16-19H2,1-3H3,(H,34,44)(H,35,46)(H,36,45)(H,42,43)(H,37,38,39,40)/t25-,26-,30-,49?/m0/s1. The lowest BCUT2D eigenvalue weighted by Crippen LogP contribution is -2.57. The first kappa shape index (κ1) is 36.6. The van der Waals surface area contributed by atoms with E-state index in [4.69, 9.17) is 4.52 Å². The molecule has 4 atom stereocenters. The number of Topliss-reactive ketones (excluding diaryl/α,β-unsaturated/α-hetero) is 1. The lowest BCUT2D eigenvalue weighted by molar-refractivity contribution is -0.141. The predicted octanol–water partition coefficient (Wildman–Crippen LogP) is 2.00. The van der Waals surface area contributed by atoms with Crippen LogP contribution >= 0.6 is 7.37 Å². The molecule has 3 amide bonds. The van der Waals surface area contributed by atoms with Crippen molar-refractivity contribution in [1.29, 1.82) is 0 Å². The van der Waals surface area contributed by atoms with Gasteiger partial charge in [0.2, 0.25) is 19.2 Å². The maximum Gasteiger partial charge on any atom is 0.305 e. The van der Waals surface area contributed by atoms with Crippen molar-refractivity contribution < 1.29 is 38.2 Å². The van der Waals surface area contributed by atoms with Gasteiger partial charge in [-0.25, -0.2) is 5.10 Å². The highest BCUT2D eigenvalue weighted by atomic mass is 31.2. The van der Waals surface area contributed by atoms with E-state index in [0.717, 1.165) is 5.39 Å². The van der Waals surface area contributed by atoms with E-state index in [1.807, 2.05) is 18.2 Å². The number of ketones is 1. The molecule has 3 aromatic carbocycles. The number of rotatable bonds is 17. The van der Waals surface area contributed by atoms with Gasteiger partial charge in [-0.15, -0.1) is 5.10 Å². The van der Waals surface area contributed by atoms with E-state index in [1.54, 1.807) is 68.4 Å². The number of aliphatic carboxylic acids is 1. The third-order valence-electron chi connectivity index (χ3n) is 7.72. The van der Waals surface area contributed by atoms with Gasteiger partial charge in [-0.05, 0) is 51.7 Å². The summed E-state index contributed by atoms with van der Waals surface area (Å²) < 4.78 is 18.5. The summed E-state index contributed by atoms with van der Waals surface area (Å²) in [7, 11) is -3.43. The Morgan fingerprint density at radius 3 is 2.24 bits per heavy atom. The Bertz CT molecular complexity index is 1830. The number of carbonyl (C=O) groups is 5. The summed E-state index contributed by atoms with van der Waals surface area (Å²) in [5, 5.41) is 32.7. The van der Waals surface area contributed by atoms with Crippen LogP contribution in [-0.2, 0) is 34.7 Å². The van der Waals surface area contributed by atoms with Crippen LogP contribution in [0, 0.1) is 5.92 Å². The quantitative estimate of drug-likeness (QED) is 0.101. The topological polar surface area (TPSA) is 222 Å². The molecule has 0 aliphatic heterocycles. The van der Waals surface area contributed by atoms with Gasteiger partial charge in [-0.1, -0.05) is 68.4 Å². The van der Waals surface area contributed by atoms with Crippen LogP contribution in [0.1, 0.15) is 42.9 Å². The van der Waals surface area contributed by atoms with Crippen molar-refractivity contribution in [2.45, 2.75) is 51.2 Å². The van der Waals surface area contributed by atoms with E-state index in [0.29, 0.717) is 22.1 Å². The van der Waals surface area contributed by atoms with E-state index >= 15 is 0 Å². The van der Waals surface area contributed by atoms with E-state index in [1.165, 1.54) is 6.66 Å². The molecule has 1 heterocycles. The Labute approximate surface area is 282 Å². The van der Waals surface area contributed by atoms with E-state index in [2.05, 4.69) is 36.6 Å². The second-order valence-electron chi connectivity index (χ2n) is 11.7. The number of benzene rings is 3. The minimum absolute atomic E-state index is 0.0571. The number of nitrogens with one attached hydrogen (secondary N) is 4. The molecule has 0 spiro atoms. The molecule has 4 rings (SSSR count). The fourth-order valence-electron chi connectivity index (χ4n) is 5.02. The zero-order chi connectivity index (χ0) is 35.6. The Morgan fingerprint density at radius 1 is 0.878 bits per heavy atom. The molecule has 0 radical (unpaired) electrons. The average Bonchev–Trinajstić information content (AvgIpc) is 3.61. The van der Waals surface area contributed by atoms with Crippen LogP contribution in [0.25, 0.3) is 10.8 Å². The summed E-state index contributed by atoms with van der Waals surface area (Å²) in [6.45, 7) is 3.91. The average molecular weight is 692 g/mol. The van der Waals surface area contributed by atoms with Crippen molar-refractivity contribution in [3.8, 4) is 0 Å². The maximum atomic E-state index is 13.7. The molecule has 5 N–H and O–H groups in total. The molecule has 4 aromatic rings. The van der Waals surface area contributed by atoms with Gasteiger partial charge >= 0.3 is 5.97 Å². The number of fused-ring (bicyclic) bond motifs is 1. The number of carboxylic acid groups (broad SMARTS) is 1. The van der Waals surface area contributed by atoms with Gasteiger partial charge < -0.3 is 25.6 Å². The Morgan fingerprint density at radius 2 is 1.57 bits per heavy atom. The van der Waals surface area contributed by atoms with Crippen LogP contribution in [0.2, 0.25) is 0 Å². The van der Waals surface area contributed by atoms with Crippen LogP contribution in [0.4, 0.5) is 0 Å². The van der Waals surface area contributed by atoms with Crippen molar-refractivity contribution >= 4 is 52.9 Å². The molecule has 258 valence electrons. The molecule has 15 nitrogen and oxygen atoms in total. The van der Waals surface area contributed by atoms with Gasteiger partial charge in [0.05, 0.1) is 6.42 Å². The molecule has 0 aliphatic carbocycles. The van der Waals surface area contributed by atoms with Crippen molar-refractivity contribution in [2.75, 3.05) is 13.3 Å². The normalized spacial score (nSPS) is 14.3. The fraction of sp³-hybridized carbons (Fsp3) is 0.333. The van der Waals surface area contributed by atoms with Gasteiger partial charge in [0, 0.05) is 24.0 Å². The second-order valence-corrected chi connectivity index (χ2v) is 14.2. The molecule has 1 unspecified atom stereocenters. The molecule has 49 heavy (non-hydrogen) atoms. The van der Waals surface area contributed by atoms with Crippen molar-refractivity contribution in [3.63, 3.8) is 0 Å². The number of H-pyrrole nitrogens is 1. The third-order valence-corrected chi connectivity index (χ3v) is 9.58. The molecule has 0 saturated carbocycles. The first-order valence-electron chi connectivity index (χ1n) is 15.5. The van der Waals surface area contributed by atoms with Gasteiger partial charge in [0.15, 0.2) is 5.78 Å². The van der Waals surface area contributed by atoms with E-state index in [-0.39, 0.29) is 12.8 Å². The van der Waals surface area contributed by atoms with Crippen LogP contribution in [-0.4, -0.2) is 86.6 Å². The molecular weight excluding hydrogens is 653 g/mol. The highest BCUT2D eigenvalue weighted by Crippen LogP contribution is 2.41. The van der Waals surface area contributed by atoms with Gasteiger partial charge in [0.1, 0.15) is 30.6 Å². The number of aromatic nitrogens is 4. The zero-order valence-corrected chi connectivity index (χ0v) is 28.1. The van der Waals surface area contributed by atoms with Gasteiger partial charge in [0.25, 0.3) is 5.91 Å². The minimum atomic E-state index is -3.43. The Kier molecular flexibility index (Phi) is 12.5. The van der Waals surface area contributed by atoms with Crippen LogP contribution in [0.5, 0.6) is 0 Å². The number of aryl methyl sites for hydroxylation is 1. The molecule has 16 heteroatoms. The number of nitrogens with zero attached hydrogens (tertiary/aromatic N) is 3. The summed E-state index contributed by atoms with van der Waals surface area (Å²) in [4.78, 5) is 65.4. The minimum Gasteiger partial charge on any atom is -0.481 e. The maximum absolute atomic E-state index is 13.7. The predicted molar refractivity (Wildman–Crippen MR) is 179 cm³/mol. The molecular formula is C33H38N7O8P. The first-order valence-corrected chi connectivity index (χ1v) is 17.6. The summed E-state index contributed by atoms with van der Waals surface area (Å²) >= 11 is 0. The van der Waals surface area contributed by atoms with E-state index in [9.17, 15) is 33.6 Å². The molecule has 1 aromatic heterocycles. The summed E-state index contributed by atoms with van der Waals surface area (Å²) in [5.41, 5.74) is 0.344. The SMILES string of the molecule is CC(C)[C@H](NC(=O)[C@H](CCc1nnn[nH]1)NC(=O)c1cccc2ccccc12)C(=O)N[C@@H](CC(=O)O)C(=O)COP(C)(=O)c1ccccc1. The molecule has 0 bridgehead atoms. The fourth-order valence-corrected chi connectivity index (χ4v) is 6.26. The van der Waals surface area contributed by atoms with Gasteiger partial charge in [-0.3, -0.25) is 28.5 Å². The van der Waals surface area contributed by atoms with E-state index < -0.39 is 73.9 Å². The van der Waals surface area contributed by atoms with Gasteiger partial charge in [-0.2, -0.15) is 0 Å². The summed E-state index contributed by atoms with van der Waals surface area (Å²) in [6, 6.07) is 16.8. The highest BCUT2D eigenvalue weighted by molar-refractivity contribution is 7.66. The number of amides is 3. The monoisotopic (exact) mass is 691 g/mol.